The summed E-state index contributed by atoms with van der Waals surface area (Å²) >= 11 is 0. The van der Waals surface area contributed by atoms with Gasteiger partial charge in [0.05, 0.1) is 0 Å². The van der Waals surface area contributed by atoms with E-state index in [9.17, 15) is 4.79 Å². The van der Waals surface area contributed by atoms with Crippen molar-refractivity contribution in [3.8, 4) is 0 Å². The molecule has 0 heterocycles. The Bertz CT molecular complexity index is 324. The largest absolute Gasteiger partial charge is 0.295 e. The molecule has 12 heavy (non-hydrogen) atoms. The SMILES string of the molecule is C=Cc1ccc(C(C)=O)cc1C. The number of carbonyl (C=O) groups is 1. The minimum Gasteiger partial charge on any atom is -0.295 e. The minimum atomic E-state index is 0.105. The molecule has 1 heteroatoms. The molecule has 0 saturated carbocycles. The van der Waals surface area contributed by atoms with Gasteiger partial charge in [-0.05, 0) is 31.0 Å². The third kappa shape index (κ3) is 1.62. The molecule has 1 rings (SSSR count). The summed E-state index contributed by atoms with van der Waals surface area (Å²) in [6, 6.07) is 5.63. The lowest BCUT2D eigenvalue weighted by Crippen LogP contribution is -1.93. The molecule has 0 aliphatic rings. The Morgan fingerprint density at radius 3 is 2.58 bits per heavy atom. The van der Waals surface area contributed by atoms with Gasteiger partial charge in [0, 0.05) is 5.56 Å². The Morgan fingerprint density at radius 1 is 1.50 bits per heavy atom. The number of carbonyl (C=O) groups excluding carboxylic acids is 1. The number of rotatable bonds is 2. The van der Waals surface area contributed by atoms with Crippen molar-refractivity contribution in [2.75, 3.05) is 0 Å². The van der Waals surface area contributed by atoms with Crippen molar-refractivity contribution in [2.45, 2.75) is 13.8 Å². The van der Waals surface area contributed by atoms with Crippen LogP contribution in [0.1, 0.15) is 28.4 Å². The van der Waals surface area contributed by atoms with Crippen molar-refractivity contribution in [2.24, 2.45) is 0 Å². The van der Waals surface area contributed by atoms with Gasteiger partial charge in [-0.2, -0.15) is 0 Å². The highest BCUT2D eigenvalue weighted by Gasteiger charge is 2.00. The van der Waals surface area contributed by atoms with Gasteiger partial charge in [-0.15, -0.1) is 0 Å². The number of Topliss-reactive ketones (excluding diaryl/α,β-unsaturated/α-hetero) is 1. The second-order valence-corrected chi connectivity index (χ2v) is 2.83. The monoisotopic (exact) mass is 160 g/mol. The van der Waals surface area contributed by atoms with Gasteiger partial charge in [0.2, 0.25) is 0 Å². The third-order valence-electron chi connectivity index (χ3n) is 1.90. The maximum absolute atomic E-state index is 11.0. The lowest BCUT2D eigenvalue weighted by molar-refractivity contribution is 0.101. The molecule has 0 spiro atoms. The molecule has 0 unspecified atom stereocenters. The second kappa shape index (κ2) is 3.35. The van der Waals surface area contributed by atoms with Gasteiger partial charge in [-0.3, -0.25) is 4.79 Å². The van der Waals surface area contributed by atoms with Crippen LogP contribution in [0.15, 0.2) is 24.8 Å². The minimum absolute atomic E-state index is 0.105. The van der Waals surface area contributed by atoms with E-state index in [0.717, 1.165) is 16.7 Å². The van der Waals surface area contributed by atoms with Gasteiger partial charge < -0.3 is 0 Å². The van der Waals surface area contributed by atoms with Crippen LogP contribution in [-0.4, -0.2) is 5.78 Å². The Labute approximate surface area is 72.7 Å². The van der Waals surface area contributed by atoms with E-state index in [0.29, 0.717) is 0 Å². The van der Waals surface area contributed by atoms with E-state index in [1.54, 1.807) is 13.0 Å². The van der Waals surface area contributed by atoms with Gasteiger partial charge in [0.25, 0.3) is 0 Å². The average Bonchev–Trinajstić information content (AvgIpc) is 2.04. The molecule has 0 aromatic heterocycles. The van der Waals surface area contributed by atoms with Crippen molar-refractivity contribution in [3.05, 3.63) is 41.5 Å². The summed E-state index contributed by atoms with van der Waals surface area (Å²) in [7, 11) is 0. The van der Waals surface area contributed by atoms with Crippen LogP contribution in [0.3, 0.4) is 0 Å². The Hall–Kier alpha value is -1.37. The number of hydrogen-bond acceptors (Lipinski definition) is 1. The van der Waals surface area contributed by atoms with Crippen LogP contribution in [-0.2, 0) is 0 Å². The molecule has 0 saturated heterocycles. The van der Waals surface area contributed by atoms with Crippen LogP contribution < -0.4 is 0 Å². The second-order valence-electron chi connectivity index (χ2n) is 2.83. The normalized spacial score (nSPS) is 9.50. The number of benzene rings is 1. The van der Waals surface area contributed by atoms with Crippen LogP contribution >= 0.6 is 0 Å². The van der Waals surface area contributed by atoms with Crippen LogP contribution in [0, 0.1) is 6.92 Å². The fourth-order valence-corrected chi connectivity index (χ4v) is 1.12. The van der Waals surface area contributed by atoms with Crippen LogP contribution in [0.25, 0.3) is 6.08 Å². The van der Waals surface area contributed by atoms with E-state index in [1.807, 2.05) is 25.1 Å². The van der Waals surface area contributed by atoms with E-state index >= 15 is 0 Å². The van der Waals surface area contributed by atoms with Gasteiger partial charge >= 0.3 is 0 Å². The average molecular weight is 160 g/mol. The molecule has 0 aliphatic carbocycles. The summed E-state index contributed by atoms with van der Waals surface area (Å²) in [6.07, 6.45) is 1.79. The fourth-order valence-electron chi connectivity index (χ4n) is 1.12. The molecule has 0 radical (unpaired) electrons. The molecule has 0 aliphatic heterocycles. The summed E-state index contributed by atoms with van der Waals surface area (Å²) in [4.78, 5) is 11.0. The molecule has 0 fully saturated rings. The lowest BCUT2D eigenvalue weighted by Gasteiger charge is -2.01. The number of aryl methyl sites for hydroxylation is 1. The zero-order valence-electron chi connectivity index (χ0n) is 7.42. The summed E-state index contributed by atoms with van der Waals surface area (Å²) in [6.45, 7) is 7.23. The standard InChI is InChI=1S/C11H12O/c1-4-10-5-6-11(9(3)12)7-8(10)2/h4-7H,1H2,2-3H3. The topological polar surface area (TPSA) is 17.1 Å². The fraction of sp³-hybridized carbons (Fsp3) is 0.182. The van der Waals surface area contributed by atoms with Gasteiger partial charge in [-0.1, -0.05) is 24.8 Å². The maximum atomic E-state index is 11.0. The molecule has 1 aromatic carbocycles. The van der Waals surface area contributed by atoms with E-state index in [1.165, 1.54) is 0 Å². The first-order valence-corrected chi connectivity index (χ1v) is 3.89. The van der Waals surface area contributed by atoms with Crippen molar-refractivity contribution in [3.63, 3.8) is 0 Å². The number of ketones is 1. The van der Waals surface area contributed by atoms with Gasteiger partial charge in [-0.25, -0.2) is 0 Å². The molecule has 62 valence electrons. The zero-order chi connectivity index (χ0) is 9.14. The zero-order valence-corrected chi connectivity index (χ0v) is 7.42. The highest BCUT2D eigenvalue weighted by molar-refractivity contribution is 5.94. The summed E-state index contributed by atoms with van der Waals surface area (Å²) in [5.74, 6) is 0.105. The molecule has 0 N–H and O–H groups in total. The number of hydrogen-bond donors (Lipinski definition) is 0. The molecular formula is C11H12O. The van der Waals surface area contributed by atoms with Gasteiger partial charge in [0.1, 0.15) is 0 Å². The van der Waals surface area contributed by atoms with Crippen molar-refractivity contribution >= 4 is 11.9 Å². The van der Waals surface area contributed by atoms with Crippen LogP contribution in [0.2, 0.25) is 0 Å². The van der Waals surface area contributed by atoms with Gasteiger partial charge in [0.15, 0.2) is 5.78 Å². The summed E-state index contributed by atoms with van der Waals surface area (Å²) in [5, 5.41) is 0. The highest BCUT2D eigenvalue weighted by atomic mass is 16.1. The molecule has 0 bridgehead atoms. The first-order valence-electron chi connectivity index (χ1n) is 3.89. The van der Waals surface area contributed by atoms with E-state index in [-0.39, 0.29) is 5.78 Å². The molecule has 1 nitrogen and oxygen atoms in total. The molecule has 0 atom stereocenters. The lowest BCUT2D eigenvalue weighted by atomic mass is 10.0. The van der Waals surface area contributed by atoms with Crippen LogP contribution in [0.4, 0.5) is 0 Å². The smallest absolute Gasteiger partial charge is 0.159 e. The Morgan fingerprint density at radius 2 is 2.17 bits per heavy atom. The maximum Gasteiger partial charge on any atom is 0.159 e. The van der Waals surface area contributed by atoms with E-state index in [4.69, 9.17) is 0 Å². The first kappa shape index (κ1) is 8.72. The highest BCUT2D eigenvalue weighted by Crippen LogP contribution is 2.12. The van der Waals surface area contributed by atoms with E-state index in [2.05, 4.69) is 6.58 Å². The Kier molecular flexibility index (Phi) is 2.44. The summed E-state index contributed by atoms with van der Waals surface area (Å²) in [5.41, 5.74) is 2.94. The third-order valence-corrected chi connectivity index (χ3v) is 1.90. The molecule has 0 amide bonds. The summed E-state index contributed by atoms with van der Waals surface area (Å²) < 4.78 is 0. The molecule has 1 aromatic rings. The quantitative estimate of drug-likeness (QED) is 0.608. The van der Waals surface area contributed by atoms with Crippen molar-refractivity contribution in [1.82, 2.24) is 0 Å². The Balaban J connectivity index is 3.18. The van der Waals surface area contributed by atoms with Crippen LogP contribution in [0.5, 0.6) is 0 Å². The first-order chi connectivity index (χ1) is 5.65. The van der Waals surface area contributed by atoms with Crippen molar-refractivity contribution < 1.29 is 4.79 Å². The molecular weight excluding hydrogens is 148 g/mol. The van der Waals surface area contributed by atoms with Crippen molar-refractivity contribution in [1.29, 1.82) is 0 Å². The van der Waals surface area contributed by atoms with E-state index < -0.39 is 0 Å². The predicted octanol–water partition coefficient (Wildman–Crippen LogP) is 2.84. The predicted molar refractivity (Wildman–Crippen MR) is 51.3 cm³/mol.